The second-order valence-electron chi connectivity index (χ2n) is 3.77. The first-order valence-electron chi connectivity index (χ1n) is 5.31. The van der Waals surface area contributed by atoms with Gasteiger partial charge in [-0.15, -0.1) is 0 Å². The maximum Gasteiger partial charge on any atom is 0.244 e. The monoisotopic (exact) mass is 259 g/mol. The zero-order chi connectivity index (χ0) is 12.9. The fourth-order valence-electron chi connectivity index (χ4n) is 1.41. The van der Waals surface area contributed by atoms with Gasteiger partial charge in [-0.2, -0.15) is 0 Å². The molecular formula is C10H17N3O3S. The number of hydrogen-bond donors (Lipinski definition) is 3. The van der Waals surface area contributed by atoms with E-state index in [0.717, 1.165) is 0 Å². The normalized spacial score (nSPS) is 13.5. The smallest absolute Gasteiger partial charge is 0.244 e. The van der Waals surface area contributed by atoms with Crippen LogP contribution in [0.5, 0.6) is 0 Å². The van der Waals surface area contributed by atoms with E-state index >= 15 is 0 Å². The van der Waals surface area contributed by atoms with Crippen molar-refractivity contribution in [2.24, 2.45) is 0 Å². The van der Waals surface area contributed by atoms with Crippen LogP contribution in [0.25, 0.3) is 0 Å². The lowest BCUT2D eigenvalue weighted by Gasteiger charge is -2.14. The van der Waals surface area contributed by atoms with Gasteiger partial charge in [-0.1, -0.05) is 0 Å². The highest BCUT2D eigenvalue weighted by molar-refractivity contribution is 7.89. The first-order chi connectivity index (χ1) is 7.97. The van der Waals surface area contributed by atoms with E-state index in [1.807, 2.05) is 0 Å². The van der Waals surface area contributed by atoms with Gasteiger partial charge in [-0.25, -0.2) is 18.1 Å². The van der Waals surface area contributed by atoms with Crippen LogP contribution in [0.2, 0.25) is 0 Å². The lowest BCUT2D eigenvalue weighted by atomic mass is 10.2. The summed E-state index contributed by atoms with van der Waals surface area (Å²) in [5.41, 5.74) is 5.51. The van der Waals surface area contributed by atoms with Crippen molar-refractivity contribution in [2.75, 3.05) is 12.3 Å². The van der Waals surface area contributed by atoms with Crippen molar-refractivity contribution < 1.29 is 13.5 Å². The van der Waals surface area contributed by atoms with Crippen molar-refractivity contribution in [1.29, 1.82) is 0 Å². The Labute approximate surface area is 101 Å². The van der Waals surface area contributed by atoms with Gasteiger partial charge in [-0.3, -0.25) is 0 Å². The highest BCUT2D eigenvalue weighted by Crippen LogP contribution is 2.15. The molecule has 96 valence electrons. The molecule has 0 aliphatic carbocycles. The maximum absolute atomic E-state index is 11.9. The van der Waals surface area contributed by atoms with Gasteiger partial charge in [0.1, 0.15) is 10.7 Å². The molecule has 1 rings (SSSR count). The Hall–Kier alpha value is -1.18. The summed E-state index contributed by atoms with van der Waals surface area (Å²) in [7, 11) is -3.64. The molecule has 1 aromatic rings. The van der Waals surface area contributed by atoms with Crippen LogP contribution < -0.4 is 10.5 Å². The molecule has 17 heavy (non-hydrogen) atoms. The second-order valence-corrected chi connectivity index (χ2v) is 5.46. The molecule has 1 heterocycles. The topological polar surface area (TPSA) is 105 Å². The first kappa shape index (κ1) is 13.9. The molecule has 1 unspecified atom stereocenters. The van der Waals surface area contributed by atoms with E-state index in [4.69, 9.17) is 10.8 Å². The van der Waals surface area contributed by atoms with Gasteiger partial charge in [0, 0.05) is 18.8 Å². The molecule has 0 aliphatic rings. The van der Waals surface area contributed by atoms with Gasteiger partial charge >= 0.3 is 0 Å². The van der Waals surface area contributed by atoms with Crippen molar-refractivity contribution in [3.05, 3.63) is 18.3 Å². The summed E-state index contributed by atoms with van der Waals surface area (Å²) in [5.74, 6) is -0.0191. The van der Waals surface area contributed by atoms with Crippen molar-refractivity contribution in [3.63, 3.8) is 0 Å². The predicted molar refractivity (Wildman–Crippen MR) is 64.8 cm³/mol. The number of nitrogens with one attached hydrogen (secondary N) is 1. The number of hydrogen-bond acceptors (Lipinski definition) is 5. The first-order valence-corrected chi connectivity index (χ1v) is 6.79. The van der Waals surface area contributed by atoms with E-state index in [1.54, 1.807) is 6.92 Å². The molecular weight excluding hydrogens is 242 g/mol. The molecule has 0 saturated heterocycles. The number of aromatic nitrogens is 1. The van der Waals surface area contributed by atoms with Crippen LogP contribution in [-0.2, 0) is 10.0 Å². The number of anilines is 1. The fraction of sp³-hybridized carbons (Fsp3) is 0.500. The van der Waals surface area contributed by atoms with E-state index in [0.29, 0.717) is 12.8 Å². The third-order valence-corrected chi connectivity index (χ3v) is 3.88. The molecule has 6 nitrogen and oxygen atoms in total. The Balaban J connectivity index is 2.79. The average Bonchev–Trinajstić information content (AvgIpc) is 2.26. The van der Waals surface area contributed by atoms with E-state index < -0.39 is 10.0 Å². The number of rotatable bonds is 6. The van der Waals surface area contributed by atoms with Gasteiger partial charge in [-0.05, 0) is 31.9 Å². The molecule has 1 aromatic heterocycles. The number of aliphatic hydroxyl groups is 1. The van der Waals surface area contributed by atoms with Gasteiger partial charge in [0.2, 0.25) is 10.0 Å². The van der Waals surface area contributed by atoms with Crippen LogP contribution in [0.3, 0.4) is 0 Å². The minimum Gasteiger partial charge on any atom is -0.396 e. The van der Waals surface area contributed by atoms with Gasteiger partial charge in [0.25, 0.3) is 0 Å². The van der Waals surface area contributed by atoms with Crippen LogP contribution in [0, 0.1) is 0 Å². The lowest BCUT2D eigenvalue weighted by Crippen LogP contribution is -2.33. The Bertz CT molecular complexity index is 462. The van der Waals surface area contributed by atoms with Gasteiger partial charge in [0.05, 0.1) is 0 Å². The van der Waals surface area contributed by atoms with E-state index in [1.165, 1.54) is 18.3 Å². The second kappa shape index (κ2) is 5.95. The molecule has 0 bridgehead atoms. The van der Waals surface area contributed by atoms with Crippen molar-refractivity contribution in [2.45, 2.75) is 30.7 Å². The summed E-state index contributed by atoms with van der Waals surface area (Å²) in [4.78, 5) is 3.72. The third kappa shape index (κ3) is 3.95. The van der Waals surface area contributed by atoms with Crippen LogP contribution in [-0.4, -0.2) is 31.2 Å². The van der Waals surface area contributed by atoms with Crippen molar-refractivity contribution in [3.8, 4) is 0 Å². The summed E-state index contributed by atoms with van der Waals surface area (Å²) in [5, 5.41) is 8.67. The minimum absolute atomic E-state index is 0.0177. The summed E-state index contributed by atoms with van der Waals surface area (Å²) in [6, 6.07) is 2.67. The zero-order valence-electron chi connectivity index (χ0n) is 9.63. The van der Waals surface area contributed by atoms with Crippen LogP contribution in [0.4, 0.5) is 5.82 Å². The Morgan fingerprint density at radius 3 is 2.88 bits per heavy atom. The number of pyridine rings is 1. The molecule has 0 amide bonds. The summed E-state index contributed by atoms with van der Waals surface area (Å²) in [6.07, 6.45) is 2.55. The SMILES string of the molecule is CC(CCCO)NS(=O)(=O)c1cccnc1N. The summed E-state index contributed by atoms with van der Waals surface area (Å²) >= 11 is 0. The predicted octanol–water partition coefficient (Wildman–Crippen LogP) is 0.103. The van der Waals surface area contributed by atoms with Gasteiger partial charge < -0.3 is 10.8 Å². The molecule has 1 atom stereocenters. The highest BCUT2D eigenvalue weighted by Gasteiger charge is 2.19. The standard InChI is InChI=1S/C10H17N3O3S/c1-8(4-3-7-14)13-17(15,16)9-5-2-6-12-10(9)11/h2,5-6,8,13-14H,3-4,7H2,1H3,(H2,11,12). The number of aliphatic hydroxyl groups excluding tert-OH is 1. The summed E-state index contributed by atoms with van der Waals surface area (Å²) < 4.78 is 26.4. The molecule has 0 aromatic carbocycles. The number of nitrogens with zero attached hydrogens (tertiary/aromatic N) is 1. The fourth-order valence-corrected chi connectivity index (χ4v) is 2.78. The van der Waals surface area contributed by atoms with Crippen LogP contribution in [0.15, 0.2) is 23.2 Å². The molecule has 0 aliphatic heterocycles. The number of nitrogen functional groups attached to an aromatic ring is 1. The Morgan fingerprint density at radius 1 is 1.59 bits per heavy atom. The average molecular weight is 259 g/mol. The molecule has 4 N–H and O–H groups in total. The van der Waals surface area contributed by atoms with Crippen LogP contribution in [0.1, 0.15) is 19.8 Å². The summed E-state index contributed by atoms with van der Waals surface area (Å²) in [6.45, 7) is 1.78. The Kier molecular flexibility index (Phi) is 4.86. The van der Waals surface area contributed by atoms with E-state index in [9.17, 15) is 8.42 Å². The minimum atomic E-state index is -3.64. The number of sulfonamides is 1. The van der Waals surface area contributed by atoms with Gasteiger partial charge in [0.15, 0.2) is 0 Å². The number of nitrogens with two attached hydrogens (primary N) is 1. The Morgan fingerprint density at radius 2 is 2.29 bits per heavy atom. The third-order valence-electron chi connectivity index (χ3n) is 2.24. The molecule has 0 radical (unpaired) electrons. The van der Waals surface area contributed by atoms with Crippen LogP contribution >= 0.6 is 0 Å². The van der Waals surface area contributed by atoms with Crippen molar-refractivity contribution in [1.82, 2.24) is 9.71 Å². The molecule has 0 saturated carbocycles. The molecule has 7 heteroatoms. The van der Waals surface area contributed by atoms with Crippen molar-refractivity contribution >= 4 is 15.8 Å². The maximum atomic E-state index is 11.9. The molecule has 0 spiro atoms. The zero-order valence-corrected chi connectivity index (χ0v) is 10.4. The van der Waals surface area contributed by atoms with E-state index in [2.05, 4.69) is 9.71 Å². The largest absolute Gasteiger partial charge is 0.396 e. The quantitative estimate of drug-likeness (QED) is 0.672. The highest BCUT2D eigenvalue weighted by atomic mass is 32.2. The lowest BCUT2D eigenvalue weighted by molar-refractivity contribution is 0.279. The molecule has 0 fully saturated rings. The van der Waals surface area contributed by atoms with E-state index in [-0.39, 0.29) is 23.4 Å².